The van der Waals surface area contributed by atoms with Gasteiger partial charge in [-0.2, -0.15) is 0 Å². The molecule has 0 aliphatic heterocycles. The fraction of sp³-hybridized carbons (Fsp3) is 0.933. The van der Waals surface area contributed by atoms with E-state index < -0.39 is 0 Å². The Hall–Kier alpha value is -0.570. The zero-order chi connectivity index (χ0) is 14.3. The maximum absolute atomic E-state index is 11.5. The van der Waals surface area contributed by atoms with Crippen molar-refractivity contribution in [2.45, 2.75) is 60.5 Å². The zero-order valence-electron chi connectivity index (χ0n) is 13.2. The van der Waals surface area contributed by atoms with Crippen molar-refractivity contribution in [2.75, 3.05) is 13.1 Å². The molecule has 3 heteroatoms. The predicted octanol–water partition coefficient (Wildman–Crippen LogP) is 3.24. The average molecular weight is 257 g/mol. The van der Waals surface area contributed by atoms with Crippen LogP contribution in [-0.4, -0.2) is 24.7 Å². The van der Waals surface area contributed by atoms with E-state index in [1.54, 1.807) is 0 Å². The van der Waals surface area contributed by atoms with Crippen LogP contribution in [0.2, 0.25) is 0 Å². The average Bonchev–Trinajstić information content (AvgIpc) is 2.12. The summed E-state index contributed by atoms with van der Waals surface area (Å²) in [4.78, 5) is 11.5. The van der Waals surface area contributed by atoms with Gasteiger partial charge in [0.15, 0.2) is 0 Å². The van der Waals surface area contributed by atoms with Gasteiger partial charge in [0.2, 0.25) is 0 Å². The number of esters is 1. The van der Waals surface area contributed by atoms with Crippen LogP contribution in [0.1, 0.15) is 54.9 Å². The molecule has 1 N–H and O–H groups in total. The van der Waals surface area contributed by atoms with Gasteiger partial charge in [0, 0.05) is 6.54 Å². The topological polar surface area (TPSA) is 38.3 Å². The third-order valence-electron chi connectivity index (χ3n) is 3.02. The van der Waals surface area contributed by atoms with E-state index in [9.17, 15) is 4.79 Å². The van der Waals surface area contributed by atoms with Crippen molar-refractivity contribution in [1.82, 2.24) is 5.32 Å². The highest BCUT2D eigenvalue weighted by molar-refractivity contribution is 5.70. The van der Waals surface area contributed by atoms with Gasteiger partial charge in [0.1, 0.15) is 5.60 Å². The molecular weight excluding hydrogens is 226 g/mol. The lowest BCUT2D eigenvalue weighted by atomic mass is 9.85. The SMILES string of the molecule is CC(C)C(CNCCC(=O)OC(C)(C)C)C(C)C. The van der Waals surface area contributed by atoms with Gasteiger partial charge >= 0.3 is 5.97 Å². The maximum atomic E-state index is 11.5. The summed E-state index contributed by atoms with van der Waals surface area (Å²) in [7, 11) is 0. The number of ether oxygens (including phenoxy) is 1. The molecular formula is C15H31NO2. The number of carbonyl (C=O) groups is 1. The van der Waals surface area contributed by atoms with E-state index in [0.29, 0.717) is 30.7 Å². The highest BCUT2D eigenvalue weighted by atomic mass is 16.6. The minimum Gasteiger partial charge on any atom is -0.460 e. The molecule has 0 unspecified atom stereocenters. The van der Waals surface area contributed by atoms with E-state index in [-0.39, 0.29) is 11.6 Å². The molecule has 18 heavy (non-hydrogen) atoms. The Labute approximate surface area is 113 Å². The van der Waals surface area contributed by atoms with Gasteiger partial charge in [-0.05, 0) is 45.1 Å². The standard InChI is InChI=1S/C15H31NO2/c1-11(2)13(12(3)4)10-16-9-8-14(17)18-15(5,6)7/h11-13,16H,8-10H2,1-7H3. The molecule has 0 saturated carbocycles. The van der Waals surface area contributed by atoms with Crippen LogP contribution < -0.4 is 5.32 Å². The molecule has 0 aliphatic rings. The molecule has 108 valence electrons. The van der Waals surface area contributed by atoms with Gasteiger partial charge in [-0.1, -0.05) is 27.7 Å². The fourth-order valence-electron chi connectivity index (χ4n) is 2.09. The molecule has 0 rings (SSSR count). The summed E-state index contributed by atoms with van der Waals surface area (Å²) in [5.41, 5.74) is -0.379. The Kier molecular flexibility index (Phi) is 7.53. The van der Waals surface area contributed by atoms with Crippen LogP contribution in [0.5, 0.6) is 0 Å². The highest BCUT2D eigenvalue weighted by Crippen LogP contribution is 2.19. The fourth-order valence-corrected chi connectivity index (χ4v) is 2.09. The first-order valence-electron chi connectivity index (χ1n) is 7.06. The van der Waals surface area contributed by atoms with Crippen molar-refractivity contribution < 1.29 is 9.53 Å². The van der Waals surface area contributed by atoms with E-state index >= 15 is 0 Å². The quantitative estimate of drug-likeness (QED) is 0.562. The van der Waals surface area contributed by atoms with Crippen LogP contribution in [0.4, 0.5) is 0 Å². The summed E-state index contributed by atoms with van der Waals surface area (Å²) in [6, 6.07) is 0. The molecule has 0 aromatic heterocycles. The van der Waals surface area contributed by atoms with Crippen LogP contribution in [0.25, 0.3) is 0 Å². The summed E-state index contributed by atoms with van der Waals surface area (Å²) in [6.07, 6.45) is 0.445. The second-order valence-corrected chi connectivity index (χ2v) is 6.69. The van der Waals surface area contributed by atoms with E-state index in [1.165, 1.54) is 0 Å². The van der Waals surface area contributed by atoms with Gasteiger partial charge < -0.3 is 10.1 Å². The van der Waals surface area contributed by atoms with E-state index in [1.807, 2.05) is 20.8 Å². The zero-order valence-corrected chi connectivity index (χ0v) is 13.2. The largest absolute Gasteiger partial charge is 0.460 e. The molecule has 0 fully saturated rings. The smallest absolute Gasteiger partial charge is 0.307 e. The Balaban J connectivity index is 3.82. The van der Waals surface area contributed by atoms with Gasteiger partial charge in [0.05, 0.1) is 6.42 Å². The van der Waals surface area contributed by atoms with Gasteiger partial charge in [-0.15, -0.1) is 0 Å². The number of rotatable bonds is 7. The number of hydrogen-bond acceptors (Lipinski definition) is 3. The van der Waals surface area contributed by atoms with Crippen LogP contribution >= 0.6 is 0 Å². The van der Waals surface area contributed by atoms with E-state index in [4.69, 9.17) is 4.74 Å². The number of carbonyl (C=O) groups excluding carboxylic acids is 1. The van der Waals surface area contributed by atoms with Gasteiger partial charge in [-0.25, -0.2) is 0 Å². The maximum Gasteiger partial charge on any atom is 0.307 e. The monoisotopic (exact) mass is 257 g/mol. The van der Waals surface area contributed by atoms with Crippen molar-refractivity contribution in [2.24, 2.45) is 17.8 Å². The van der Waals surface area contributed by atoms with Crippen molar-refractivity contribution in [3.05, 3.63) is 0 Å². The van der Waals surface area contributed by atoms with Crippen molar-refractivity contribution in [3.63, 3.8) is 0 Å². The minimum atomic E-state index is -0.379. The van der Waals surface area contributed by atoms with Crippen molar-refractivity contribution in [3.8, 4) is 0 Å². The molecule has 0 bridgehead atoms. The van der Waals surface area contributed by atoms with Gasteiger partial charge in [0.25, 0.3) is 0 Å². The third-order valence-corrected chi connectivity index (χ3v) is 3.02. The molecule has 0 radical (unpaired) electrons. The number of nitrogens with one attached hydrogen (secondary N) is 1. The predicted molar refractivity (Wildman–Crippen MR) is 76.5 cm³/mol. The van der Waals surface area contributed by atoms with Gasteiger partial charge in [-0.3, -0.25) is 4.79 Å². The first-order valence-corrected chi connectivity index (χ1v) is 7.06. The van der Waals surface area contributed by atoms with Crippen molar-refractivity contribution in [1.29, 1.82) is 0 Å². The Morgan fingerprint density at radius 3 is 2.00 bits per heavy atom. The van der Waals surface area contributed by atoms with E-state index in [2.05, 4.69) is 33.0 Å². The van der Waals surface area contributed by atoms with Crippen molar-refractivity contribution >= 4 is 5.97 Å². The lowest BCUT2D eigenvalue weighted by Gasteiger charge is -2.25. The Morgan fingerprint density at radius 2 is 1.61 bits per heavy atom. The summed E-state index contributed by atoms with van der Waals surface area (Å²) in [5, 5.41) is 3.36. The lowest BCUT2D eigenvalue weighted by molar-refractivity contribution is -0.154. The first-order chi connectivity index (χ1) is 8.13. The summed E-state index contributed by atoms with van der Waals surface area (Å²) < 4.78 is 5.26. The number of hydrogen-bond donors (Lipinski definition) is 1. The Morgan fingerprint density at radius 1 is 1.11 bits per heavy atom. The highest BCUT2D eigenvalue weighted by Gasteiger charge is 2.18. The second-order valence-electron chi connectivity index (χ2n) is 6.69. The molecule has 0 spiro atoms. The first kappa shape index (κ1) is 17.4. The Bertz CT molecular complexity index is 233. The molecule has 0 atom stereocenters. The molecule has 0 amide bonds. The second kappa shape index (κ2) is 7.78. The normalized spacial score (nSPS) is 12.6. The lowest BCUT2D eigenvalue weighted by Crippen LogP contribution is -2.32. The summed E-state index contributed by atoms with van der Waals surface area (Å²) in [5.74, 6) is 1.86. The third kappa shape index (κ3) is 8.51. The summed E-state index contributed by atoms with van der Waals surface area (Å²) in [6.45, 7) is 16.4. The minimum absolute atomic E-state index is 0.124. The van der Waals surface area contributed by atoms with E-state index in [0.717, 1.165) is 6.54 Å². The molecule has 0 aromatic rings. The molecule has 0 aromatic carbocycles. The van der Waals surface area contributed by atoms with Crippen LogP contribution in [0.3, 0.4) is 0 Å². The molecule has 0 aliphatic carbocycles. The molecule has 0 saturated heterocycles. The van der Waals surface area contributed by atoms with Crippen LogP contribution in [-0.2, 0) is 9.53 Å². The molecule has 3 nitrogen and oxygen atoms in total. The molecule has 0 heterocycles. The summed E-state index contributed by atoms with van der Waals surface area (Å²) >= 11 is 0. The van der Waals surface area contributed by atoms with Crippen LogP contribution in [0.15, 0.2) is 0 Å². The van der Waals surface area contributed by atoms with Crippen LogP contribution in [0, 0.1) is 17.8 Å².